The first-order valence-electron chi connectivity index (χ1n) is 9.12. The Hall–Kier alpha value is -3.75. The molecular weight excluding hydrogens is 376 g/mol. The SMILES string of the molecule is C[C@H](NC(=O)c1cccc([N+](=O)[O-])c1)C(=O)Nc1ccc(N2CCCC2=O)cc1. The highest BCUT2D eigenvalue weighted by molar-refractivity contribution is 6.01. The van der Waals surface area contributed by atoms with Crippen LogP contribution >= 0.6 is 0 Å². The highest BCUT2D eigenvalue weighted by Crippen LogP contribution is 2.23. The van der Waals surface area contributed by atoms with Crippen LogP contribution < -0.4 is 15.5 Å². The molecule has 0 spiro atoms. The van der Waals surface area contributed by atoms with E-state index >= 15 is 0 Å². The molecule has 29 heavy (non-hydrogen) atoms. The Morgan fingerprint density at radius 1 is 1.17 bits per heavy atom. The van der Waals surface area contributed by atoms with Crippen molar-refractivity contribution in [1.29, 1.82) is 0 Å². The minimum atomic E-state index is -0.860. The second-order valence-corrected chi connectivity index (χ2v) is 6.69. The Balaban J connectivity index is 1.59. The number of hydrogen-bond acceptors (Lipinski definition) is 5. The molecule has 0 unspecified atom stereocenters. The van der Waals surface area contributed by atoms with E-state index in [1.54, 1.807) is 29.2 Å². The number of benzene rings is 2. The fourth-order valence-electron chi connectivity index (χ4n) is 3.00. The Labute approximate surface area is 166 Å². The molecule has 0 aliphatic carbocycles. The van der Waals surface area contributed by atoms with E-state index < -0.39 is 22.8 Å². The van der Waals surface area contributed by atoms with Crippen molar-refractivity contribution < 1.29 is 19.3 Å². The van der Waals surface area contributed by atoms with Gasteiger partial charge in [0.05, 0.1) is 4.92 Å². The number of carbonyl (C=O) groups is 3. The van der Waals surface area contributed by atoms with Gasteiger partial charge in [-0.2, -0.15) is 0 Å². The third kappa shape index (κ3) is 4.75. The predicted molar refractivity (Wildman–Crippen MR) is 107 cm³/mol. The lowest BCUT2D eigenvalue weighted by molar-refractivity contribution is -0.384. The predicted octanol–water partition coefficient (Wildman–Crippen LogP) is 2.48. The Morgan fingerprint density at radius 3 is 2.52 bits per heavy atom. The monoisotopic (exact) mass is 396 g/mol. The maximum atomic E-state index is 12.3. The normalized spacial score (nSPS) is 14.4. The average Bonchev–Trinajstić information content (AvgIpc) is 3.14. The maximum absolute atomic E-state index is 12.3. The van der Waals surface area contributed by atoms with E-state index in [2.05, 4.69) is 10.6 Å². The van der Waals surface area contributed by atoms with E-state index in [0.29, 0.717) is 18.7 Å². The highest BCUT2D eigenvalue weighted by atomic mass is 16.6. The summed E-state index contributed by atoms with van der Waals surface area (Å²) in [5, 5.41) is 16.0. The van der Waals surface area contributed by atoms with Crippen LogP contribution in [0.25, 0.3) is 0 Å². The van der Waals surface area contributed by atoms with Crippen LogP contribution in [0, 0.1) is 10.1 Å². The number of non-ortho nitro benzene ring substituents is 1. The molecular formula is C20H20N4O5. The summed E-state index contributed by atoms with van der Waals surface area (Å²) in [5.41, 5.74) is 1.20. The number of rotatable bonds is 6. The van der Waals surface area contributed by atoms with Crippen molar-refractivity contribution in [1.82, 2.24) is 5.32 Å². The van der Waals surface area contributed by atoms with Crippen molar-refractivity contribution in [2.24, 2.45) is 0 Å². The van der Waals surface area contributed by atoms with Gasteiger partial charge in [-0.05, 0) is 43.7 Å². The molecule has 150 valence electrons. The van der Waals surface area contributed by atoms with Gasteiger partial charge in [-0.25, -0.2) is 0 Å². The first kappa shape index (κ1) is 20.0. The van der Waals surface area contributed by atoms with Gasteiger partial charge >= 0.3 is 0 Å². The highest BCUT2D eigenvalue weighted by Gasteiger charge is 2.22. The topological polar surface area (TPSA) is 122 Å². The second kappa shape index (κ2) is 8.51. The number of anilines is 2. The van der Waals surface area contributed by atoms with E-state index in [9.17, 15) is 24.5 Å². The molecule has 0 radical (unpaired) electrons. The van der Waals surface area contributed by atoms with Gasteiger partial charge in [-0.1, -0.05) is 6.07 Å². The van der Waals surface area contributed by atoms with Crippen LogP contribution in [0.4, 0.5) is 17.1 Å². The van der Waals surface area contributed by atoms with Gasteiger partial charge in [0, 0.05) is 42.0 Å². The van der Waals surface area contributed by atoms with Crippen LogP contribution in [0.2, 0.25) is 0 Å². The number of hydrogen-bond donors (Lipinski definition) is 2. The standard InChI is InChI=1S/C20H20N4O5/c1-13(21-20(27)14-4-2-5-17(12-14)24(28)29)19(26)22-15-7-9-16(10-8-15)23-11-3-6-18(23)25/h2,4-5,7-10,12-13H,3,6,11H2,1H3,(H,21,27)(H,22,26)/t13-/m0/s1. The van der Waals surface area contributed by atoms with Gasteiger partial charge < -0.3 is 15.5 Å². The third-order valence-electron chi connectivity index (χ3n) is 4.58. The number of nitrogens with one attached hydrogen (secondary N) is 2. The summed E-state index contributed by atoms with van der Waals surface area (Å²) in [7, 11) is 0. The quantitative estimate of drug-likeness (QED) is 0.574. The molecule has 1 heterocycles. The fraction of sp³-hybridized carbons (Fsp3) is 0.250. The molecule has 3 amide bonds. The van der Waals surface area contributed by atoms with Crippen LogP contribution in [-0.4, -0.2) is 35.2 Å². The summed E-state index contributed by atoms with van der Waals surface area (Å²) >= 11 is 0. The van der Waals surface area contributed by atoms with Gasteiger partial charge in [0.25, 0.3) is 11.6 Å². The smallest absolute Gasteiger partial charge is 0.270 e. The Morgan fingerprint density at radius 2 is 1.90 bits per heavy atom. The first-order chi connectivity index (χ1) is 13.8. The van der Waals surface area contributed by atoms with E-state index in [4.69, 9.17) is 0 Å². The van der Waals surface area contributed by atoms with Crippen molar-refractivity contribution in [3.8, 4) is 0 Å². The molecule has 1 fully saturated rings. The van der Waals surface area contributed by atoms with E-state index in [1.807, 2.05) is 0 Å². The molecule has 9 heteroatoms. The number of nitrogens with zero attached hydrogens (tertiary/aromatic N) is 2. The summed E-state index contributed by atoms with van der Waals surface area (Å²) in [6.07, 6.45) is 1.37. The van der Waals surface area contributed by atoms with E-state index in [-0.39, 0.29) is 17.2 Å². The summed E-state index contributed by atoms with van der Waals surface area (Å²) in [6.45, 7) is 2.20. The zero-order chi connectivity index (χ0) is 21.0. The molecule has 0 saturated carbocycles. The zero-order valence-corrected chi connectivity index (χ0v) is 15.8. The van der Waals surface area contributed by atoms with Crippen molar-refractivity contribution >= 4 is 34.8 Å². The second-order valence-electron chi connectivity index (χ2n) is 6.69. The van der Waals surface area contributed by atoms with Crippen molar-refractivity contribution in [3.05, 3.63) is 64.2 Å². The van der Waals surface area contributed by atoms with Crippen LogP contribution in [0.1, 0.15) is 30.1 Å². The summed E-state index contributed by atoms with van der Waals surface area (Å²) in [4.78, 5) is 48.3. The lowest BCUT2D eigenvalue weighted by atomic mass is 10.1. The zero-order valence-electron chi connectivity index (χ0n) is 15.8. The largest absolute Gasteiger partial charge is 0.341 e. The van der Waals surface area contributed by atoms with Crippen LogP contribution in [0.15, 0.2) is 48.5 Å². The molecule has 1 saturated heterocycles. The molecule has 2 aromatic rings. The molecule has 2 aromatic carbocycles. The molecule has 1 aliphatic rings. The van der Waals surface area contributed by atoms with E-state index in [1.165, 1.54) is 25.1 Å². The summed E-state index contributed by atoms with van der Waals surface area (Å²) < 4.78 is 0. The lowest BCUT2D eigenvalue weighted by Crippen LogP contribution is -2.41. The van der Waals surface area contributed by atoms with Gasteiger partial charge in [-0.15, -0.1) is 0 Å². The lowest BCUT2D eigenvalue weighted by Gasteiger charge is -2.17. The van der Waals surface area contributed by atoms with Crippen LogP contribution in [0.5, 0.6) is 0 Å². The molecule has 0 bridgehead atoms. The number of carbonyl (C=O) groups excluding carboxylic acids is 3. The first-order valence-corrected chi connectivity index (χ1v) is 9.12. The molecule has 9 nitrogen and oxygen atoms in total. The summed E-state index contributed by atoms with van der Waals surface area (Å²) in [5.74, 6) is -0.938. The molecule has 3 rings (SSSR count). The number of amides is 3. The Bertz CT molecular complexity index is 958. The van der Waals surface area contributed by atoms with Gasteiger partial charge in [0.2, 0.25) is 11.8 Å². The maximum Gasteiger partial charge on any atom is 0.270 e. The molecule has 2 N–H and O–H groups in total. The minimum Gasteiger partial charge on any atom is -0.341 e. The fourth-order valence-corrected chi connectivity index (χ4v) is 3.00. The summed E-state index contributed by atoms with van der Waals surface area (Å²) in [6, 6.07) is 11.3. The molecule has 0 aromatic heterocycles. The average molecular weight is 396 g/mol. The van der Waals surface area contributed by atoms with Crippen molar-refractivity contribution in [3.63, 3.8) is 0 Å². The third-order valence-corrected chi connectivity index (χ3v) is 4.58. The molecule has 1 atom stereocenters. The van der Waals surface area contributed by atoms with Gasteiger partial charge in [0.1, 0.15) is 6.04 Å². The van der Waals surface area contributed by atoms with Crippen molar-refractivity contribution in [2.45, 2.75) is 25.8 Å². The minimum absolute atomic E-state index is 0.0827. The van der Waals surface area contributed by atoms with Gasteiger partial charge in [-0.3, -0.25) is 24.5 Å². The number of nitro groups is 1. The van der Waals surface area contributed by atoms with Gasteiger partial charge in [0.15, 0.2) is 0 Å². The van der Waals surface area contributed by atoms with Crippen LogP contribution in [0.3, 0.4) is 0 Å². The van der Waals surface area contributed by atoms with Crippen LogP contribution in [-0.2, 0) is 9.59 Å². The molecule has 1 aliphatic heterocycles. The van der Waals surface area contributed by atoms with Crippen molar-refractivity contribution in [2.75, 3.05) is 16.8 Å². The Kier molecular flexibility index (Phi) is 5.87. The van der Waals surface area contributed by atoms with E-state index in [0.717, 1.165) is 18.2 Å². The number of nitro benzene ring substituents is 1.